The lowest BCUT2D eigenvalue weighted by molar-refractivity contribution is 0.0893. The van der Waals surface area contributed by atoms with Crippen molar-refractivity contribution in [3.05, 3.63) is 47.8 Å². The van der Waals surface area contributed by atoms with Crippen LogP contribution in [-0.4, -0.2) is 27.8 Å². The van der Waals surface area contributed by atoms with E-state index in [0.29, 0.717) is 5.92 Å². The van der Waals surface area contributed by atoms with Gasteiger partial charge in [-0.1, -0.05) is 18.2 Å². The molecular weight excluding hydrogens is 314 g/mol. The Morgan fingerprint density at radius 2 is 1.84 bits per heavy atom. The van der Waals surface area contributed by atoms with Crippen molar-refractivity contribution in [3.8, 4) is 5.75 Å². The summed E-state index contributed by atoms with van der Waals surface area (Å²) in [7, 11) is 1.93. The summed E-state index contributed by atoms with van der Waals surface area (Å²) in [6.45, 7) is 0. The molecule has 1 N–H and O–H groups in total. The quantitative estimate of drug-likeness (QED) is 0.908. The van der Waals surface area contributed by atoms with Crippen LogP contribution in [0.3, 0.4) is 0 Å². The largest absolute Gasteiger partial charge is 0.490 e. The van der Waals surface area contributed by atoms with Crippen molar-refractivity contribution in [1.29, 1.82) is 0 Å². The van der Waals surface area contributed by atoms with E-state index in [1.165, 1.54) is 12.8 Å². The highest BCUT2D eigenvalue weighted by molar-refractivity contribution is 5.95. The van der Waals surface area contributed by atoms with Gasteiger partial charge >= 0.3 is 0 Å². The van der Waals surface area contributed by atoms with E-state index in [1.807, 2.05) is 42.1 Å². The first-order valence-corrected chi connectivity index (χ1v) is 9.25. The fourth-order valence-corrected chi connectivity index (χ4v) is 3.74. The number of carbonyl (C=O) groups excluding carboxylic acids is 1. The van der Waals surface area contributed by atoms with Crippen LogP contribution in [0.5, 0.6) is 5.75 Å². The van der Waals surface area contributed by atoms with Crippen LogP contribution in [0, 0.1) is 0 Å². The second-order valence-electron chi connectivity index (χ2n) is 7.22. The van der Waals surface area contributed by atoms with E-state index in [-0.39, 0.29) is 18.1 Å². The number of nitrogens with one attached hydrogen (secondary N) is 1. The molecule has 1 heterocycles. The molecule has 1 amide bonds. The van der Waals surface area contributed by atoms with Gasteiger partial charge in [0.2, 0.25) is 0 Å². The standard InChI is InChI=1S/C20H25N3O2/c1-23-19(14-7-8-14)18(13-21-23)20(24)22-15-9-11-17(12-10-15)25-16-5-3-2-4-6-16/h2-6,13-15,17H,7-12H2,1H3,(H,22,24). The molecular formula is C20H25N3O2. The number of aryl methyl sites for hydroxylation is 1. The SMILES string of the molecule is Cn1ncc(C(=O)NC2CCC(Oc3ccccc3)CC2)c1C1CC1. The first-order valence-electron chi connectivity index (χ1n) is 9.25. The Kier molecular flexibility index (Phi) is 4.47. The van der Waals surface area contributed by atoms with E-state index in [2.05, 4.69) is 10.4 Å². The molecule has 0 atom stereocenters. The Morgan fingerprint density at radius 3 is 2.52 bits per heavy atom. The van der Waals surface area contributed by atoms with Crippen LogP contribution >= 0.6 is 0 Å². The number of hydrogen-bond donors (Lipinski definition) is 1. The Bertz CT molecular complexity index is 729. The third-order valence-electron chi connectivity index (χ3n) is 5.25. The molecule has 5 nitrogen and oxygen atoms in total. The highest BCUT2D eigenvalue weighted by Crippen LogP contribution is 2.41. The molecule has 0 spiro atoms. The third-order valence-corrected chi connectivity index (χ3v) is 5.25. The van der Waals surface area contributed by atoms with Gasteiger partial charge in [-0.25, -0.2) is 0 Å². The Hall–Kier alpha value is -2.30. The monoisotopic (exact) mass is 339 g/mol. The van der Waals surface area contributed by atoms with Crippen molar-refractivity contribution in [2.45, 2.75) is 56.6 Å². The van der Waals surface area contributed by atoms with Crippen LogP contribution in [0.25, 0.3) is 0 Å². The average Bonchev–Trinajstić information content (AvgIpc) is 3.39. The molecule has 0 unspecified atom stereocenters. The Morgan fingerprint density at radius 1 is 1.12 bits per heavy atom. The van der Waals surface area contributed by atoms with E-state index in [0.717, 1.165) is 42.7 Å². The lowest BCUT2D eigenvalue weighted by atomic mass is 9.92. The predicted molar refractivity (Wildman–Crippen MR) is 95.8 cm³/mol. The number of benzene rings is 1. The van der Waals surface area contributed by atoms with Crippen LogP contribution in [0.2, 0.25) is 0 Å². The van der Waals surface area contributed by atoms with Crippen LogP contribution in [0.1, 0.15) is 60.5 Å². The average molecular weight is 339 g/mol. The van der Waals surface area contributed by atoms with Crippen molar-refractivity contribution < 1.29 is 9.53 Å². The number of nitrogens with zero attached hydrogens (tertiary/aromatic N) is 2. The topological polar surface area (TPSA) is 56.2 Å². The number of para-hydroxylation sites is 1. The van der Waals surface area contributed by atoms with E-state index in [1.54, 1.807) is 6.20 Å². The number of ether oxygens (including phenoxy) is 1. The number of rotatable bonds is 5. The molecule has 2 fully saturated rings. The van der Waals surface area contributed by atoms with Crippen LogP contribution in [-0.2, 0) is 7.05 Å². The molecule has 0 saturated heterocycles. The first kappa shape index (κ1) is 16.2. The zero-order chi connectivity index (χ0) is 17.2. The summed E-state index contributed by atoms with van der Waals surface area (Å²) < 4.78 is 7.89. The van der Waals surface area contributed by atoms with Gasteiger partial charge in [-0.3, -0.25) is 9.48 Å². The Labute approximate surface area is 148 Å². The van der Waals surface area contributed by atoms with Crippen molar-refractivity contribution in [1.82, 2.24) is 15.1 Å². The zero-order valence-electron chi connectivity index (χ0n) is 14.6. The van der Waals surface area contributed by atoms with Gasteiger partial charge in [0.1, 0.15) is 5.75 Å². The predicted octanol–water partition coefficient (Wildman–Crippen LogP) is 3.42. The summed E-state index contributed by atoms with van der Waals surface area (Å²) in [6, 6.07) is 10.2. The smallest absolute Gasteiger partial charge is 0.254 e. The molecule has 0 aliphatic heterocycles. The number of aromatic nitrogens is 2. The molecule has 2 aromatic rings. The number of hydrogen-bond acceptors (Lipinski definition) is 3. The fourth-order valence-electron chi connectivity index (χ4n) is 3.74. The molecule has 2 saturated carbocycles. The summed E-state index contributed by atoms with van der Waals surface area (Å²) >= 11 is 0. The maximum Gasteiger partial charge on any atom is 0.254 e. The maximum atomic E-state index is 12.7. The lowest BCUT2D eigenvalue weighted by Crippen LogP contribution is -2.39. The van der Waals surface area contributed by atoms with E-state index < -0.39 is 0 Å². The normalized spacial score (nSPS) is 23.2. The van der Waals surface area contributed by atoms with Crippen molar-refractivity contribution in [2.24, 2.45) is 7.05 Å². The van der Waals surface area contributed by atoms with Gasteiger partial charge in [0, 0.05) is 19.0 Å². The minimum absolute atomic E-state index is 0.0300. The number of amides is 1. The molecule has 2 aliphatic rings. The second kappa shape index (κ2) is 6.90. The highest BCUT2D eigenvalue weighted by Gasteiger charge is 2.32. The molecule has 0 radical (unpaired) electrons. The minimum Gasteiger partial charge on any atom is -0.490 e. The molecule has 132 valence electrons. The van der Waals surface area contributed by atoms with Gasteiger partial charge in [-0.2, -0.15) is 5.10 Å². The second-order valence-corrected chi connectivity index (χ2v) is 7.22. The zero-order valence-corrected chi connectivity index (χ0v) is 14.6. The van der Waals surface area contributed by atoms with Crippen molar-refractivity contribution >= 4 is 5.91 Å². The van der Waals surface area contributed by atoms with Gasteiger partial charge in [0.05, 0.1) is 23.6 Å². The molecule has 25 heavy (non-hydrogen) atoms. The van der Waals surface area contributed by atoms with E-state index in [4.69, 9.17) is 4.74 Å². The lowest BCUT2D eigenvalue weighted by Gasteiger charge is -2.29. The van der Waals surface area contributed by atoms with Crippen molar-refractivity contribution in [3.63, 3.8) is 0 Å². The molecule has 2 aliphatic carbocycles. The van der Waals surface area contributed by atoms with E-state index in [9.17, 15) is 4.79 Å². The van der Waals surface area contributed by atoms with Crippen molar-refractivity contribution in [2.75, 3.05) is 0 Å². The molecule has 5 heteroatoms. The maximum absolute atomic E-state index is 12.7. The fraction of sp³-hybridized carbons (Fsp3) is 0.500. The number of carbonyl (C=O) groups is 1. The molecule has 1 aromatic carbocycles. The Balaban J connectivity index is 1.31. The molecule has 0 bridgehead atoms. The van der Waals surface area contributed by atoms with E-state index >= 15 is 0 Å². The van der Waals surface area contributed by atoms with Gasteiger partial charge in [0.15, 0.2) is 0 Å². The van der Waals surface area contributed by atoms with Gasteiger partial charge in [-0.15, -0.1) is 0 Å². The highest BCUT2D eigenvalue weighted by atomic mass is 16.5. The van der Waals surface area contributed by atoms with Crippen LogP contribution < -0.4 is 10.1 Å². The summed E-state index contributed by atoms with van der Waals surface area (Å²) in [4.78, 5) is 12.7. The molecule has 1 aromatic heterocycles. The minimum atomic E-state index is 0.0300. The summed E-state index contributed by atoms with van der Waals surface area (Å²) in [5, 5.41) is 7.49. The van der Waals surface area contributed by atoms with Gasteiger partial charge in [-0.05, 0) is 50.7 Å². The van der Waals surface area contributed by atoms with Gasteiger partial charge in [0.25, 0.3) is 5.91 Å². The van der Waals surface area contributed by atoms with Crippen LogP contribution in [0.4, 0.5) is 0 Å². The summed E-state index contributed by atoms with van der Waals surface area (Å²) in [5.74, 6) is 1.48. The van der Waals surface area contributed by atoms with Crippen LogP contribution in [0.15, 0.2) is 36.5 Å². The van der Waals surface area contributed by atoms with Gasteiger partial charge < -0.3 is 10.1 Å². The molecule has 4 rings (SSSR count). The summed E-state index contributed by atoms with van der Waals surface area (Å²) in [5.41, 5.74) is 1.85. The summed E-state index contributed by atoms with van der Waals surface area (Å²) in [6.07, 6.45) is 8.17. The third kappa shape index (κ3) is 3.70. The first-order chi connectivity index (χ1) is 12.2.